The number of allylic oxidation sites excluding steroid dienone is 5. The zero-order valence-electron chi connectivity index (χ0n) is 29.3. The van der Waals surface area contributed by atoms with Crippen molar-refractivity contribution in [2.75, 3.05) is 0 Å². The maximum Gasteiger partial charge on any atom is 0.167 e. The van der Waals surface area contributed by atoms with Gasteiger partial charge in [-0.3, -0.25) is 0 Å². The number of hydrogen-bond donors (Lipinski definition) is 0. The van der Waals surface area contributed by atoms with Gasteiger partial charge < -0.3 is 4.42 Å². The number of benzene rings is 4. The van der Waals surface area contributed by atoms with Crippen molar-refractivity contribution in [3.63, 3.8) is 0 Å². The van der Waals surface area contributed by atoms with E-state index in [0.29, 0.717) is 29.3 Å². The summed E-state index contributed by atoms with van der Waals surface area (Å²) in [7, 11) is 0. The standard InChI is InChI=1S/C47H41N3O/c1-29-25-38-36-16-8-10-18-42(36)51-43(38)39(26-29)46-49-44(31-13-5-3-6-14-31)48-45(50-46)33-20-19-30(2)37(27-33)32-21-22-35-34-15-7-9-17-40(34)47(41(35)28-32)23-11-4-12-24-47/h3,5-10,13-22,26-30,37H,4,11-12,23-25H2,1-2H3. The molecule has 4 nitrogen and oxygen atoms in total. The molecular formula is C47H41N3O. The average Bonchev–Trinajstić information content (AvgIpc) is 3.68. The number of aromatic nitrogens is 3. The van der Waals surface area contributed by atoms with Gasteiger partial charge in [0.05, 0.1) is 5.57 Å². The summed E-state index contributed by atoms with van der Waals surface area (Å²) in [5.74, 6) is 3.77. The summed E-state index contributed by atoms with van der Waals surface area (Å²) >= 11 is 0. The van der Waals surface area contributed by atoms with Crippen molar-refractivity contribution in [3.8, 4) is 22.5 Å². The van der Waals surface area contributed by atoms with E-state index in [2.05, 4.69) is 111 Å². The van der Waals surface area contributed by atoms with Crippen LogP contribution in [0.1, 0.15) is 91.5 Å². The number of furan rings is 1. The Morgan fingerprint density at radius 3 is 2.31 bits per heavy atom. The van der Waals surface area contributed by atoms with Crippen molar-refractivity contribution >= 4 is 22.1 Å². The normalized spacial score (nSPS) is 21.6. The van der Waals surface area contributed by atoms with Crippen LogP contribution in [0.5, 0.6) is 0 Å². The lowest BCUT2D eigenvalue weighted by Gasteiger charge is -2.36. The fourth-order valence-electron chi connectivity index (χ4n) is 9.48. The second-order valence-electron chi connectivity index (χ2n) is 15.2. The minimum absolute atomic E-state index is 0.133. The predicted molar refractivity (Wildman–Crippen MR) is 206 cm³/mol. The maximum absolute atomic E-state index is 6.54. The molecule has 51 heavy (non-hydrogen) atoms. The summed E-state index contributed by atoms with van der Waals surface area (Å²) in [4.78, 5) is 15.5. The van der Waals surface area contributed by atoms with E-state index in [-0.39, 0.29) is 11.3 Å². The molecule has 2 heterocycles. The van der Waals surface area contributed by atoms with Crippen molar-refractivity contribution in [2.24, 2.45) is 11.8 Å². The molecule has 6 aromatic rings. The van der Waals surface area contributed by atoms with Gasteiger partial charge in [0.1, 0.15) is 11.3 Å². The molecule has 4 heteroatoms. The van der Waals surface area contributed by atoms with Crippen LogP contribution >= 0.6 is 0 Å². The van der Waals surface area contributed by atoms with Crippen molar-refractivity contribution in [2.45, 2.75) is 63.7 Å². The highest BCUT2D eigenvalue weighted by atomic mass is 16.3. The highest BCUT2D eigenvalue weighted by molar-refractivity contribution is 5.91. The Kier molecular flexibility index (Phi) is 7.09. The molecule has 2 aromatic heterocycles. The van der Waals surface area contributed by atoms with Crippen LogP contribution in [0.15, 0.2) is 126 Å². The summed E-state index contributed by atoms with van der Waals surface area (Å²) in [6.07, 6.45) is 16.6. The van der Waals surface area contributed by atoms with Crippen LogP contribution in [0.2, 0.25) is 0 Å². The van der Waals surface area contributed by atoms with E-state index in [1.54, 1.807) is 0 Å². The van der Waals surface area contributed by atoms with Crippen LogP contribution in [-0.2, 0) is 11.8 Å². The lowest BCUT2D eigenvalue weighted by atomic mass is 9.67. The Morgan fingerprint density at radius 1 is 0.686 bits per heavy atom. The Morgan fingerprint density at radius 2 is 1.43 bits per heavy atom. The van der Waals surface area contributed by atoms with Gasteiger partial charge in [-0.1, -0.05) is 148 Å². The third-order valence-electron chi connectivity index (χ3n) is 12.0. The molecule has 1 saturated carbocycles. The number of fused-ring (bicyclic) bond motifs is 8. The van der Waals surface area contributed by atoms with Crippen molar-refractivity contribution in [1.82, 2.24) is 15.0 Å². The summed E-state index contributed by atoms with van der Waals surface area (Å²) in [6, 6.07) is 35.1. The molecule has 0 radical (unpaired) electrons. The van der Waals surface area contributed by atoms with Crippen molar-refractivity contribution in [1.29, 1.82) is 0 Å². The molecule has 250 valence electrons. The first-order valence-electron chi connectivity index (χ1n) is 18.7. The molecule has 3 unspecified atom stereocenters. The van der Waals surface area contributed by atoms with E-state index >= 15 is 0 Å². The molecule has 0 saturated heterocycles. The third-order valence-corrected chi connectivity index (χ3v) is 12.0. The molecule has 3 atom stereocenters. The van der Waals surface area contributed by atoms with E-state index in [9.17, 15) is 0 Å². The quantitative estimate of drug-likeness (QED) is 0.188. The first kappa shape index (κ1) is 30.5. The Hall–Kier alpha value is -5.35. The smallest absolute Gasteiger partial charge is 0.167 e. The minimum Gasteiger partial charge on any atom is -0.456 e. The fourth-order valence-corrected chi connectivity index (χ4v) is 9.48. The van der Waals surface area contributed by atoms with Crippen molar-refractivity contribution in [3.05, 3.63) is 161 Å². The summed E-state index contributed by atoms with van der Waals surface area (Å²) in [6.45, 7) is 4.59. The van der Waals surface area contributed by atoms with Gasteiger partial charge in [-0.05, 0) is 65.0 Å². The van der Waals surface area contributed by atoms with Crippen LogP contribution in [0.3, 0.4) is 0 Å². The van der Waals surface area contributed by atoms with Crippen LogP contribution in [0.25, 0.3) is 44.6 Å². The van der Waals surface area contributed by atoms with Gasteiger partial charge in [-0.25, -0.2) is 15.0 Å². The highest BCUT2D eigenvalue weighted by Crippen LogP contribution is 2.56. The lowest BCUT2D eigenvalue weighted by Crippen LogP contribution is -2.28. The topological polar surface area (TPSA) is 51.8 Å². The SMILES string of the molecule is CC1C=C(c2nc(C3=CC(c4ccc5c(c4)C4(CCCCC4)c4ccccc4-5)C(C)C=C3)nc(-c3ccccc3)n2)c2oc3ccccc3c2C1. The first-order valence-corrected chi connectivity index (χ1v) is 18.7. The third kappa shape index (κ3) is 4.91. The fraction of sp³-hybridized carbons (Fsp3) is 0.255. The molecule has 1 fully saturated rings. The van der Waals surface area contributed by atoms with E-state index in [4.69, 9.17) is 19.4 Å². The molecule has 4 aliphatic rings. The summed E-state index contributed by atoms with van der Waals surface area (Å²) in [5.41, 5.74) is 12.5. The second-order valence-corrected chi connectivity index (χ2v) is 15.2. The predicted octanol–water partition coefficient (Wildman–Crippen LogP) is 11.5. The molecule has 0 N–H and O–H groups in total. The molecular weight excluding hydrogens is 623 g/mol. The molecule has 1 spiro atoms. The number of nitrogens with zero attached hydrogens (tertiary/aromatic N) is 3. The Labute approximate surface area is 299 Å². The summed E-state index contributed by atoms with van der Waals surface area (Å²) < 4.78 is 6.54. The minimum atomic E-state index is 0.133. The zero-order valence-corrected chi connectivity index (χ0v) is 29.3. The van der Waals surface area contributed by atoms with E-state index < -0.39 is 0 Å². The van der Waals surface area contributed by atoms with Gasteiger partial charge >= 0.3 is 0 Å². The van der Waals surface area contributed by atoms with Crippen molar-refractivity contribution < 1.29 is 4.42 Å². The largest absolute Gasteiger partial charge is 0.456 e. The van der Waals surface area contributed by atoms with Gasteiger partial charge in [0.2, 0.25) is 0 Å². The van der Waals surface area contributed by atoms with Crippen LogP contribution < -0.4 is 0 Å². The zero-order chi connectivity index (χ0) is 34.1. The Bertz CT molecular complexity index is 2420. The first-order chi connectivity index (χ1) is 25.1. The van der Waals surface area contributed by atoms with Gasteiger partial charge in [-0.2, -0.15) is 0 Å². The van der Waals surface area contributed by atoms with Gasteiger partial charge in [0.15, 0.2) is 17.5 Å². The second kappa shape index (κ2) is 11.9. The highest BCUT2D eigenvalue weighted by Gasteiger charge is 2.44. The molecule has 4 aromatic carbocycles. The number of para-hydroxylation sites is 1. The summed E-state index contributed by atoms with van der Waals surface area (Å²) in [5, 5.41) is 1.17. The molecule has 0 aliphatic heterocycles. The molecule has 0 bridgehead atoms. The maximum atomic E-state index is 6.54. The van der Waals surface area contributed by atoms with Gasteiger partial charge in [-0.15, -0.1) is 0 Å². The molecule has 0 amide bonds. The number of rotatable bonds is 4. The van der Waals surface area contributed by atoms with E-state index in [1.165, 1.54) is 70.9 Å². The van der Waals surface area contributed by atoms with Crippen LogP contribution in [0, 0.1) is 11.8 Å². The number of hydrogen-bond acceptors (Lipinski definition) is 4. The average molecular weight is 664 g/mol. The monoisotopic (exact) mass is 663 g/mol. The molecule has 4 aliphatic carbocycles. The molecule has 10 rings (SSSR count). The van der Waals surface area contributed by atoms with E-state index in [1.807, 2.05) is 24.3 Å². The van der Waals surface area contributed by atoms with Gasteiger partial charge in [0, 0.05) is 33.4 Å². The lowest BCUT2D eigenvalue weighted by molar-refractivity contribution is 0.352. The van der Waals surface area contributed by atoms with Crippen LogP contribution in [0.4, 0.5) is 0 Å². The van der Waals surface area contributed by atoms with Gasteiger partial charge in [0.25, 0.3) is 0 Å². The van der Waals surface area contributed by atoms with E-state index in [0.717, 1.165) is 34.5 Å². The Balaban J connectivity index is 1.10. The van der Waals surface area contributed by atoms with Crippen LogP contribution in [-0.4, -0.2) is 15.0 Å².